The Labute approximate surface area is 97.7 Å². The van der Waals surface area contributed by atoms with Crippen molar-refractivity contribution in [2.75, 3.05) is 0 Å². The molecule has 0 saturated carbocycles. The number of aryl methyl sites for hydroxylation is 1. The lowest BCUT2D eigenvalue weighted by Crippen LogP contribution is -1.96. The molecule has 0 spiro atoms. The van der Waals surface area contributed by atoms with Crippen LogP contribution in [0.5, 0.6) is 11.6 Å². The van der Waals surface area contributed by atoms with Crippen molar-refractivity contribution >= 4 is 5.97 Å². The number of carboxylic acid groups (broad SMARTS) is 1. The van der Waals surface area contributed by atoms with Crippen LogP contribution in [0.3, 0.4) is 0 Å². The van der Waals surface area contributed by atoms with Crippen LogP contribution >= 0.6 is 0 Å². The third-order valence-corrected chi connectivity index (χ3v) is 2.15. The van der Waals surface area contributed by atoms with E-state index in [0.717, 1.165) is 0 Å². The van der Waals surface area contributed by atoms with Gasteiger partial charge in [0.25, 0.3) is 0 Å². The van der Waals surface area contributed by atoms with Crippen LogP contribution in [0.4, 0.5) is 0 Å². The zero-order chi connectivity index (χ0) is 12.3. The van der Waals surface area contributed by atoms with Gasteiger partial charge >= 0.3 is 5.97 Å². The summed E-state index contributed by atoms with van der Waals surface area (Å²) in [5.41, 5.74) is 0.892. The van der Waals surface area contributed by atoms with Crippen LogP contribution in [0.2, 0.25) is 0 Å². The molecule has 0 aliphatic carbocycles. The summed E-state index contributed by atoms with van der Waals surface area (Å²) in [5.74, 6) is -0.0265. The van der Waals surface area contributed by atoms with Gasteiger partial charge in [-0.05, 0) is 31.2 Å². The van der Waals surface area contributed by atoms with Gasteiger partial charge in [-0.3, -0.25) is 4.98 Å². The largest absolute Gasteiger partial charge is 0.478 e. The predicted molar refractivity (Wildman–Crippen MR) is 60.2 cm³/mol. The summed E-state index contributed by atoms with van der Waals surface area (Å²) in [6, 6.07) is 6.11. The highest BCUT2D eigenvalue weighted by atomic mass is 16.5. The van der Waals surface area contributed by atoms with E-state index < -0.39 is 5.97 Å². The van der Waals surface area contributed by atoms with Crippen LogP contribution in [0, 0.1) is 6.92 Å². The van der Waals surface area contributed by atoms with Gasteiger partial charge in [0, 0.05) is 12.4 Å². The Balaban J connectivity index is 2.20. The molecule has 0 radical (unpaired) electrons. The van der Waals surface area contributed by atoms with Gasteiger partial charge in [0.15, 0.2) is 0 Å². The van der Waals surface area contributed by atoms with Gasteiger partial charge in [-0.25, -0.2) is 9.78 Å². The van der Waals surface area contributed by atoms with E-state index in [1.807, 2.05) is 0 Å². The van der Waals surface area contributed by atoms with Crippen molar-refractivity contribution in [3.05, 3.63) is 47.9 Å². The first kappa shape index (κ1) is 11.1. The maximum absolute atomic E-state index is 10.7. The third-order valence-electron chi connectivity index (χ3n) is 2.15. The second-order valence-electron chi connectivity index (χ2n) is 3.38. The number of ether oxygens (including phenoxy) is 1. The molecule has 0 aliphatic rings. The highest BCUT2D eigenvalue weighted by Crippen LogP contribution is 2.21. The molecule has 2 aromatic rings. The molecule has 5 heteroatoms. The molecule has 0 amide bonds. The predicted octanol–water partition coefficient (Wildman–Crippen LogP) is 2.28. The first-order valence-corrected chi connectivity index (χ1v) is 4.95. The molecule has 0 fully saturated rings. The molecule has 1 heterocycles. The Morgan fingerprint density at radius 3 is 2.41 bits per heavy atom. The summed E-state index contributed by atoms with van der Waals surface area (Å²) in [4.78, 5) is 18.7. The van der Waals surface area contributed by atoms with E-state index in [1.165, 1.54) is 18.3 Å². The third kappa shape index (κ3) is 2.57. The molecule has 0 unspecified atom stereocenters. The minimum Gasteiger partial charge on any atom is -0.478 e. The summed E-state index contributed by atoms with van der Waals surface area (Å²) in [5, 5.41) is 8.75. The number of nitrogens with zero attached hydrogens (tertiary/aromatic N) is 2. The number of hydrogen-bond acceptors (Lipinski definition) is 4. The van der Waals surface area contributed by atoms with Gasteiger partial charge in [0.05, 0.1) is 11.3 Å². The summed E-state index contributed by atoms with van der Waals surface area (Å²) in [7, 11) is 0. The van der Waals surface area contributed by atoms with E-state index in [2.05, 4.69) is 9.97 Å². The second kappa shape index (κ2) is 4.61. The Morgan fingerprint density at radius 1 is 1.18 bits per heavy atom. The quantitative estimate of drug-likeness (QED) is 0.875. The summed E-state index contributed by atoms with van der Waals surface area (Å²) < 4.78 is 5.48. The van der Waals surface area contributed by atoms with Crippen LogP contribution in [-0.4, -0.2) is 21.0 Å². The normalized spacial score (nSPS) is 9.94. The van der Waals surface area contributed by atoms with E-state index in [4.69, 9.17) is 9.84 Å². The number of benzene rings is 1. The number of carboxylic acids is 1. The van der Waals surface area contributed by atoms with Gasteiger partial charge in [-0.15, -0.1) is 0 Å². The summed E-state index contributed by atoms with van der Waals surface area (Å²) in [6.07, 6.45) is 3.11. The highest BCUT2D eigenvalue weighted by Gasteiger charge is 2.05. The lowest BCUT2D eigenvalue weighted by molar-refractivity contribution is 0.0697. The molecule has 1 aromatic heterocycles. The molecule has 5 nitrogen and oxygen atoms in total. The van der Waals surface area contributed by atoms with Crippen molar-refractivity contribution in [3.8, 4) is 11.6 Å². The lowest BCUT2D eigenvalue weighted by Gasteiger charge is -2.06. The highest BCUT2D eigenvalue weighted by molar-refractivity contribution is 5.87. The lowest BCUT2D eigenvalue weighted by atomic mass is 10.2. The Hall–Kier alpha value is -2.43. The maximum atomic E-state index is 10.7. The molecule has 1 N–H and O–H groups in total. The average Bonchev–Trinajstić information content (AvgIpc) is 2.33. The number of hydrogen-bond donors (Lipinski definition) is 1. The van der Waals surface area contributed by atoms with Gasteiger partial charge in [-0.2, -0.15) is 0 Å². The number of aromatic nitrogens is 2. The minimum atomic E-state index is -0.966. The van der Waals surface area contributed by atoms with E-state index in [0.29, 0.717) is 17.3 Å². The zero-order valence-corrected chi connectivity index (χ0v) is 9.12. The Morgan fingerprint density at radius 2 is 1.82 bits per heavy atom. The van der Waals surface area contributed by atoms with E-state index in [9.17, 15) is 4.79 Å². The Kier molecular flexibility index (Phi) is 3.00. The standard InChI is InChI=1S/C12H10N2O3/c1-8-11(14-7-6-13-8)17-10-4-2-9(3-5-10)12(15)16/h2-7H,1H3,(H,15,16). The van der Waals surface area contributed by atoms with Crippen molar-refractivity contribution in [2.24, 2.45) is 0 Å². The van der Waals surface area contributed by atoms with Crippen molar-refractivity contribution in [2.45, 2.75) is 6.92 Å². The average molecular weight is 230 g/mol. The van der Waals surface area contributed by atoms with Crippen molar-refractivity contribution in [1.29, 1.82) is 0 Å². The topological polar surface area (TPSA) is 72.3 Å². The molecule has 0 aliphatic heterocycles. The van der Waals surface area contributed by atoms with Crippen molar-refractivity contribution < 1.29 is 14.6 Å². The molecule has 2 rings (SSSR count). The van der Waals surface area contributed by atoms with E-state index >= 15 is 0 Å². The fraction of sp³-hybridized carbons (Fsp3) is 0.0833. The first-order valence-electron chi connectivity index (χ1n) is 4.95. The first-order chi connectivity index (χ1) is 8.16. The molecular weight excluding hydrogens is 220 g/mol. The zero-order valence-electron chi connectivity index (χ0n) is 9.12. The molecule has 0 bridgehead atoms. The number of aromatic carboxylic acids is 1. The van der Waals surface area contributed by atoms with Crippen LogP contribution in [0.25, 0.3) is 0 Å². The van der Waals surface area contributed by atoms with Gasteiger partial charge in [-0.1, -0.05) is 0 Å². The van der Waals surface area contributed by atoms with Crippen molar-refractivity contribution in [3.63, 3.8) is 0 Å². The van der Waals surface area contributed by atoms with Gasteiger partial charge < -0.3 is 9.84 Å². The smallest absolute Gasteiger partial charge is 0.335 e. The fourth-order valence-corrected chi connectivity index (χ4v) is 1.27. The van der Waals surface area contributed by atoms with Crippen LogP contribution in [0.15, 0.2) is 36.7 Å². The summed E-state index contributed by atoms with van der Waals surface area (Å²) >= 11 is 0. The number of carbonyl (C=O) groups is 1. The molecule has 1 aromatic carbocycles. The second-order valence-corrected chi connectivity index (χ2v) is 3.38. The Bertz CT molecular complexity index is 538. The van der Waals surface area contributed by atoms with Gasteiger partial charge in [0.1, 0.15) is 5.75 Å². The van der Waals surface area contributed by atoms with Crippen LogP contribution in [0.1, 0.15) is 16.1 Å². The molecule has 0 saturated heterocycles. The van der Waals surface area contributed by atoms with Crippen LogP contribution < -0.4 is 4.74 Å². The fourth-order valence-electron chi connectivity index (χ4n) is 1.27. The molecule has 17 heavy (non-hydrogen) atoms. The minimum absolute atomic E-state index is 0.216. The summed E-state index contributed by atoms with van der Waals surface area (Å²) in [6.45, 7) is 1.79. The van der Waals surface area contributed by atoms with E-state index in [1.54, 1.807) is 25.3 Å². The number of rotatable bonds is 3. The maximum Gasteiger partial charge on any atom is 0.335 e. The monoisotopic (exact) mass is 230 g/mol. The molecule has 0 atom stereocenters. The van der Waals surface area contributed by atoms with Gasteiger partial charge in [0.2, 0.25) is 5.88 Å². The van der Waals surface area contributed by atoms with E-state index in [-0.39, 0.29) is 5.56 Å². The molecule has 86 valence electrons. The van der Waals surface area contributed by atoms with Crippen LogP contribution in [-0.2, 0) is 0 Å². The SMILES string of the molecule is Cc1nccnc1Oc1ccc(C(=O)O)cc1. The molecular formula is C12H10N2O3. The van der Waals surface area contributed by atoms with Crippen molar-refractivity contribution in [1.82, 2.24) is 9.97 Å².